The van der Waals surface area contributed by atoms with Crippen LogP contribution in [-0.2, 0) is 11.3 Å². The largest absolute Gasteiger partial charge is 0.507 e. The highest BCUT2D eigenvalue weighted by Gasteiger charge is 2.26. The highest BCUT2D eigenvalue weighted by atomic mass is 19.4. The molecule has 0 amide bonds. The smallest absolute Gasteiger partial charge is 0.497 e. The molecule has 0 bridgehead atoms. The Kier molecular flexibility index (Phi) is 4.63. The van der Waals surface area contributed by atoms with Crippen molar-refractivity contribution in [1.29, 1.82) is 0 Å². The minimum atomic E-state index is -5.01. The van der Waals surface area contributed by atoms with Gasteiger partial charge in [0.1, 0.15) is 5.75 Å². The highest BCUT2D eigenvalue weighted by molar-refractivity contribution is 6.66. The van der Waals surface area contributed by atoms with E-state index in [1.165, 1.54) is 7.11 Å². The first-order valence-corrected chi connectivity index (χ1v) is 5.02. The Labute approximate surface area is 98.1 Å². The Morgan fingerprint density at radius 3 is 2.65 bits per heavy atom. The van der Waals surface area contributed by atoms with Crippen molar-refractivity contribution in [3.8, 4) is 5.75 Å². The molecule has 0 fully saturated rings. The SMILES string of the molecule is C=C(COCc1cccc(OC)c1)[B-](F)(F)F. The molecule has 0 aromatic heterocycles. The predicted molar refractivity (Wildman–Crippen MR) is 60.9 cm³/mol. The Bertz CT molecular complexity index is 391. The minimum absolute atomic E-state index is 0.0996. The van der Waals surface area contributed by atoms with Crippen LogP contribution in [0.4, 0.5) is 12.9 Å². The van der Waals surface area contributed by atoms with Crippen LogP contribution >= 0.6 is 0 Å². The summed E-state index contributed by atoms with van der Waals surface area (Å²) in [5, 5.41) is 0. The van der Waals surface area contributed by atoms with Gasteiger partial charge in [0.15, 0.2) is 0 Å². The Balaban J connectivity index is 2.43. The third-order valence-electron chi connectivity index (χ3n) is 2.15. The van der Waals surface area contributed by atoms with Crippen molar-refractivity contribution in [2.75, 3.05) is 13.7 Å². The van der Waals surface area contributed by atoms with Crippen molar-refractivity contribution in [1.82, 2.24) is 0 Å². The predicted octanol–water partition coefficient (Wildman–Crippen LogP) is 3.15. The number of benzene rings is 1. The second-order valence-corrected chi connectivity index (χ2v) is 3.58. The fourth-order valence-electron chi connectivity index (χ4n) is 1.16. The quantitative estimate of drug-likeness (QED) is 0.716. The Morgan fingerprint density at radius 2 is 2.06 bits per heavy atom. The molecule has 0 N–H and O–H groups in total. The van der Waals surface area contributed by atoms with Crippen LogP contribution in [0.1, 0.15) is 5.56 Å². The second-order valence-electron chi connectivity index (χ2n) is 3.58. The lowest BCUT2D eigenvalue weighted by molar-refractivity contribution is 0.143. The fourth-order valence-corrected chi connectivity index (χ4v) is 1.16. The van der Waals surface area contributed by atoms with Crippen LogP contribution in [-0.4, -0.2) is 20.7 Å². The van der Waals surface area contributed by atoms with E-state index in [0.717, 1.165) is 5.56 Å². The van der Waals surface area contributed by atoms with E-state index in [0.29, 0.717) is 5.75 Å². The molecule has 1 aromatic carbocycles. The summed E-state index contributed by atoms with van der Waals surface area (Å²) in [6.07, 6.45) is 0. The fraction of sp³-hybridized carbons (Fsp3) is 0.273. The number of hydrogen-bond acceptors (Lipinski definition) is 2. The molecule has 0 aliphatic heterocycles. The van der Waals surface area contributed by atoms with Gasteiger partial charge >= 0.3 is 6.98 Å². The van der Waals surface area contributed by atoms with Gasteiger partial charge in [0.25, 0.3) is 0 Å². The maximum atomic E-state index is 12.2. The van der Waals surface area contributed by atoms with Crippen molar-refractivity contribution in [2.45, 2.75) is 6.61 Å². The van der Waals surface area contributed by atoms with Crippen molar-refractivity contribution in [3.05, 3.63) is 41.9 Å². The van der Waals surface area contributed by atoms with Gasteiger partial charge in [-0.1, -0.05) is 12.1 Å². The standard InChI is InChI=1S/C11H13BF3O2/c1-9(12(13,14)15)7-17-8-10-4-3-5-11(6-10)16-2/h3-6H,1,7-8H2,2H3/q-1. The van der Waals surface area contributed by atoms with Gasteiger partial charge in [-0.25, -0.2) is 0 Å². The van der Waals surface area contributed by atoms with Crippen LogP contribution in [0.2, 0.25) is 0 Å². The van der Waals surface area contributed by atoms with Crippen molar-refractivity contribution < 1.29 is 22.4 Å². The summed E-state index contributed by atoms with van der Waals surface area (Å²) in [7, 11) is 1.52. The maximum absolute atomic E-state index is 12.2. The van der Waals surface area contributed by atoms with E-state index in [9.17, 15) is 12.9 Å². The summed E-state index contributed by atoms with van der Waals surface area (Å²) in [4.78, 5) is 0. The molecule has 1 rings (SSSR count). The van der Waals surface area contributed by atoms with Crippen LogP contribution in [0.15, 0.2) is 36.3 Å². The summed E-state index contributed by atoms with van der Waals surface area (Å²) in [6.45, 7) is -2.47. The Hall–Kier alpha value is -1.43. The van der Waals surface area contributed by atoms with Gasteiger partial charge in [0.05, 0.1) is 13.7 Å². The molecule has 0 saturated carbocycles. The molecule has 17 heavy (non-hydrogen) atoms. The molecule has 0 saturated heterocycles. The number of hydrogen-bond donors (Lipinski definition) is 0. The van der Waals surface area contributed by atoms with Crippen LogP contribution in [0, 0.1) is 0 Å². The molecule has 0 radical (unpaired) electrons. The lowest BCUT2D eigenvalue weighted by Gasteiger charge is -2.17. The average Bonchev–Trinajstić information content (AvgIpc) is 2.28. The first kappa shape index (κ1) is 13.6. The molecular formula is C11H13BF3O2-. The van der Waals surface area contributed by atoms with Crippen molar-refractivity contribution >= 4 is 6.98 Å². The lowest BCUT2D eigenvalue weighted by atomic mass is 9.81. The van der Waals surface area contributed by atoms with Crippen molar-refractivity contribution in [3.63, 3.8) is 0 Å². The molecule has 2 nitrogen and oxygen atoms in total. The monoisotopic (exact) mass is 245 g/mol. The lowest BCUT2D eigenvalue weighted by Crippen LogP contribution is -2.22. The maximum Gasteiger partial charge on any atom is 0.507 e. The second kappa shape index (κ2) is 5.77. The summed E-state index contributed by atoms with van der Waals surface area (Å²) < 4.78 is 46.4. The summed E-state index contributed by atoms with van der Waals surface area (Å²) in [5.74, 6) is 0.643. The number of halogens is 3. The van der Waals surface area contributed by atoms with Crippen molar-refractivity contribution in [2.24, 2.45) is 0 Å². The number of ether oxygens (including phenoxy) is 2. The van der Waals surface area contributed by atoms with E-state index < -0.39 is 19.1 Å². The number of methoxy groups -OCH3 is 1. The first-order chi connectivity index (χ1) is 7.93. The van der Waals surface area contributed by atoms with Crippen LogP contribution in [0.25, 0.3) is 0 Å². The van der Waals surface area contributed by atoms with Gasteiger partial charge in [0.2, 0.25) is 0 Å². The van der Waals surface area contributed by atoms with Gasteiger partial charge in [0, 0.05) is 6.61 Å². The van der Waals surface area contributed by atoms with E-state index in [1.807, 2.05) is 0 Å². The summed E-state index contributed by atoms with van der Waals surface area (Å²) in [5.41, 5.74) is -0.0697. The Morgan fingerprint density at radius 1 is 1.35 bits per heavy atom. The van der Waals surface area contributed by atoms with E-state index >= 15 is 0 Å². The van der Waals surface area contributed by atoms with Gasteiger partial charge in [-0.05, 0) is 17.7 Å². The minimum Gasteiger partial charge on any atom is -0.497 e. The third kappa shape index (κ3) is 4.52. The van der Waals surface area contributed by atoms with Crippen LogP contribution < -0.4 is 4.74 Å². The van der Waals surface area contributed by atoms with E-state index in [2.05, 4.69) is 6.58 Å². The van der Waals surface area contributed by atoms with E-state index in [4.69, 9.17) is 9.47 Å². The van der Waals surface area contributed by atoms with E-state index in [1.54, 1.807) is 24.3 Å². The van der Waals surface area contributed by atoms with Gasteiger partial charge in [-0.15, -0.1) is 12.1 Å². The molecular weight excluding hydrogens is 232 g/mol. The third-order valence-corrected chi connectivity index (χ3v) is 2.15. The molecule has 1 aromatic rings. The zero-order valence-corrected chi connectivity index (χ0v) is 9.46. The summed E-state index contributed by atoms with van der Waals surface area (Å²) >= 11 is 0. The molecule has 0 unspecified atom stereocenters. The molecule has 6 heteroatoms. The molecule has 0 heterocycles. The van der Waals surface area contributed by atoms with E-state index in [-0.39, 0.29) is 6.61 Å². The van der Waals surface area contributed by atoms with Crippen LogP contribution in [0.5, 0.6) is 5.75 Å². The molecule has 94 valence electrons. The molecule has 0 aliphatic rings. The highest BCUT2D eigenvalue weighted by Crippen LogP contribution is 2.19. The topological polar surface area (TPSA) is 18.5 Å². The molecule has 0 spiro atoms. The van der Waals surface area contributed by atoms with Crippen LogP contribution in [0.3, 0.4) is 0 Å². The normalized spacial score (nSPS) is 11.3. The molecule has 0 atom stereocenters. The summed E-state index contributed by atoms with van der Waals surface area (Å²) in [6, 6.07) is 6.97. The molecule has 0 aliphatic carbocycles. The first-order valence-electron chi connectivity index (χ1n) is 5.02. The zero-order valence-electron chi connectivity index (χ0n) is 9.46. The number of rotatable bonds is 6. The zero-order chi connectivity index (χ0) is 12.9. The van der Waals surface area contributed by atoms with Gasteiger partial charge in [-0.2, -0.15) is 0 Å². The van der Waals surface area contributed by atoms with Gasteiger partial charge < -0.3 is 22.4 Å². The average molecular weight is 245 g/mol. The van der Waals surface area contributed by atoms with Gasteiger partial charge in [-0.3, -0.25) is 0 Å².